The Morgan fingerprint density at radius 2 is 1.96 bits per heavy atom. The summed E-state index contributed by atoms with van der Waals surface area (Å²) >= 11 is 0. The van der Waals surface area contributed by atoms with Crippen molar-refractivity contribution in [1.82, 2.24) is 29.9 Å². The minimum absolute atomic E-state index is 0.00578. The molecule has 3 heterocycles. The van der Waals surface area contributed by atoms with Crippen molar-refractivity contribution in [3.63, 3.8) is 0 Å². The number of nitrogens with one attached hydrogen (secondary N) is 1. The van der Waals surface area contributed by atoms with Crippen LogP contribution < -0.4 is 10.2 Å². The molecule has 0 radical (unpaired) electrons. The predicted octanol–water partition coefficient (Wildman–Crippen LogP) is 5.16. The summed E-state index contributed by atoms with van der Waals surface area (Å²) in [6.45, 7) is 6.46. The predicted molar refractivity (Wildman–Crippen MR) is 185 cm³/mol. The van der Waals surface area contributed by atoms with Gasteiger partial charge in [0.05, 0.1) is 24.1 Å². The van der Waals surface area contributed by atoms with Crippen LogP contribution >= 0.6 is 0 Å². The summed E-state index contributed by atoms with van der Waals surface area (Å²) in [6, 6.07) is 10.2. The molecule has 1 saturated heterocycles. The van der Waals surface area contributed by atoms with Crippen LogP contribution in [0, 0.1) is 24.2 Å². The molecule has 3 aliphatic rings. The number of halogens is 3. The van der Waals surface area contributed by atoms with Gasteiger partial charge in [0.25, 0.3) is 5.91 Å². The highest BCUT2D eigenvalue weighted by Crippen LogP contribution is 2.52. The number of fused-ring (bicyclic) bond motifs is 1. The lowest BCUT2D eigenvalue weighted by Crippen LogP contribution is -2.49. The second kappa shape index (κ2) is 14.0. The number of nitrogens with zero attached hydrogens (tertiary/aromatic N) is 6. The third kappa shape index (κ3) is 7.21. The van der Waals surface area contributed by atoms with E-state index in [0.29, 0.717) is 43.3 Å². The fourth-order valence-corrected chi connectivity index (χ4v) is 8.15. The van der Waals surface area contributed by atoms with Crippen LogP contribution in [0.15, 0.2) is 54.9 Å². The van der Waals surface area contributed by atoms with E-state index in [2.05, 4.69) is 40.2 Å². The van der Waals surface area contributed by atoms with Crippen molar-refractivity contribution in [2.75, 3.05) is 38.1 Å². The zero-order chi connectivity index (χ0) is 35.8. The van der Waals surface area contributed by atoms with Gasteiger partial charge < -0.3 is 14.8 Å². The van der Waals surface area contributed by atoms with Gasteiger partial charge in [-0.25, -0.2) is 0 Å². The minimum atomic E-state index is -4.64. The van der Waals surface area contributed by atoms with E-state index in [1.165, 1.54) is 17.0 Å². The number of piperidine rings is 1. The molecule has 264 valence electrons. The van der Waals surface area contributed by atoms with Gasteiger partial charge in [0.1, 0.15) is 12.2 Å². The van der Waals surface area contributed by atoms with Crippen LogP contribution in [0.25, 0.3) is 0 Å². The first-order valence-corrected chi connectivity index (χ1v) is 17.1. The molecule has 50 heavy (non-hydrogen) atoms. The second-order valence-electron chi connectivity index (χ2n) is 14.5. The van der Waals surface area contributed by atoms with Crippen LogP contribution in [0.1, 0.15) is 71.5 Å². The second-order valence-corrected chi connectivity index (χ2v) is 14.5. The number of carbonyl (C=O) groups excluding carboxylic acids is 2. The number of hydrogen-bond donors (Lipinski definition) is 1. The van der Waals surface area contributed by atoms with Crippen LogP contribution in [-0.4, -0.2) is 75.6 Å². The smallest absolute Gasteiger partial charge is 0.349 e. The van der Waals surface area contributed by atoms with Gasteiger partial charge in [-0.15, -0.1) is 16.6 Å². The Morgan fingerprint density at radius 3 is 2.64 bits per heavy atom. The van der Waals surface area contributed by atoms with Gasteiger partial charge in [0, 0.05) is 56.6 Å². The fraction of sp³-hybridized carbons (Fsp3) is 0.474. The number of aryl methyl sites for hydroxylation is 1. The Balaban J connectivity index is 1.21. The molecule has 2 fully saturated rings. The Bertz CT molecular complexity index is 1820. The number of rotatable bonds is 10. The molecule has 1 saturated carbocycles. The van der Waals surface area contributed by atoms with Crippen LogP contribution in [0.2, 0.25) is 0 Å². The molecule has 1 aliphatic carbocycles. The van der Waals surface area contributed by atoms with Crippen molar-refractivity contribution in [2.24, 2.45) is 18.9 Å². The number of aromatic nitrogens is 3. The summed E-state index contributed by atoms with van der Waals surface area (Å²) < 4.78 is 45.7. The number of terminal acetylenes is 1. The highest BCUT2D eigenvalue weighted by molar-refractivity contribution is 6.10. The first-order valence-electron chi connectivity index (χ1n) is 17.1. The van der Waals surface area contributed by atoms with E-state index < -0.39 is 17.6 Å². The maximum atomic E-state index is 14.6. The third-order valence-corrected chi connectivity index (χ3v) is 10.2. The lowest BCUT2D eigenvalue weighted by Gasteiger charge is -2.46. The molecule has 2 amide bonds. The van der Waals surface area contributed by atoms with Crippen molar-refractivity contribution < 1.29 is 22.8 Å². The molecule has 1 N–H and O–H groups in total. The zero-order valence-corrected chi connectivity index (χ0v) is 29.0. The zero-order valence-electron chi connectivity index (χ0n) is 29.0. The molecule has 0 unspecified atom stereocenters. The summed E-state index contributed by atoms with van der Waals surface area (Å²) in [7, 11) is 3.77. The summed E-state index contributed by atoms with van der Waals surface area (Å²) in [5.41, 5.74) is 0.857. The average molecular weight is 688 g/mol. The number of hydrogen-bond acceptors (Lipinski definition) is 6. The molecule has 0 spiro atoms. The fourth-order valence-electron chi connectivity index (χ4n) is 8.15. The van der Waals surface area contributed by atoms with Gasteiger partial charge in [-0.3, -0.25) is 19.4 Å². The Morgan fingerprint density at radius 1 is 1.18 bits per heavy atom. The van der Waals surface area contributed by atoms with Gasteiger partial charge >= 0.3 is 6.18 Å². The molecular formula is C38H44F3N7O2. The van der Waals surface area contributed by atoms with Crippen molar-refractivity contribution in [3.05, 3.63) is 88.5 Å². The van der Waals surface area contributed by atoms with E-state index in [9.17, 15) is 22.8 Å². The molecule has 0 bridgehead atoms. The van der Waals surface area contributed by atoms with Crippen molar-refractivity contribution >= 4 is 17.5 Å². The average Bonchev–Trinajstić information content (AvgIpc) is 3.61. The number of anilines is 1. The quantitative estimate of drug-likeness (QED) is 0.234. The first-order chi connectivity index (χ1) is 23.8. The van der Waals surface area contributed by atoms with Crippen molar-refractivity contribution in [1.29, 1.82) is 0 Å². The van der Waals surface area contributed by atoms with Crippen LogP contribution in [0.4, 0.5) is 18.9 Å². The lowest BCUT2D eigenvalue weighted by molar-refractivity contribution is -0.138. The Kier molecular flexibility index (Phi) is 9.93. The summed E-state index contributed by atoms with van der Waals surface area (Å²) in [6.07, 6.45) is 8.08. The molecule has 3 aromatic rings. The monoisotopic (exact) mass is 687 g/mol. The standard InChI is InChI=1S/C38H44F3N7O2/c1-6-12-45(4)13-8-11-34(49)43-29-14-25(2)20-47(22-29)21-27-15-31-32(33(16-27)38(39,40)41)23-48(35(31)50)30-10-7-9-28(17-30)37(18-26(3)19-37)36-44-42-24-46(36)5/h1,7-11,15-17,24-26,29H,12-14,18-23H2,2-5H3,(H,43,49)/b11-8+/t25-,26?,29+,37?/m1/s1. The molecule has 2 atom stereocenters. The number of likely N-dealkylation sites (N-methyl/N-ethyl adjacent to an activating group) is 1. The van der Waals surface area contributed by atoms with E-state index in [0.717, 1.165) is 30.7 Å². The van der Waals surface area contributed by atoms with E-state index in [-0.39, 0.29) is 47.5 Å². The van der Waals surface area contributed by atoms with Gasteiger partial charge in [0.15, 0.2) is 0 Å². The van der Waals surface area contributed by atoms with Crippen LogP contribution in [-0.2, 0) is 36.5 Å². The number of likely N-dealkylation sites (tertiary alicyclic amines) is 1. The highest BCUT2D eigenvalue weighted by Gasteiger charge is 2.48. The number of alkyl halides is 3. The molecule has 12 heteroatoms. The lowest BCUT2D eigenvalue weighted by atomic mass is 9.58. The maximum absolute atomic E-state index is 14.6. The Labute approximate surface area is 291 Å². The van der Waals surface area contributed by atoms with Gasteiger partial charge in [-0.2, -0.15) is 13.2 Å². The summed E-state index contributed by atoms with van der Waals surface area (Å²) in [5.74, 6) is 3.41. The Hall–Kier alpha value is -4.47. The number of benzene rings is 2. The molecule has 9 nitrogen and oxygen atoms in total. The van der Waals surface area contributed by atoms with E-state index in [1.54, 1.807) is 24.5 Å². The van der Waals surface area contributed by atoms with E-state index in [1.807, 2.05) is 41.8 Å². The van der Waals surface area contributed by atoms with Crippen molar-refractivity contribution in [3.8, 4) is 12.3 Å². The molecule has 6 rings (SSSR count). The largest absolute Gasteiger partial charge is 0.416 e. The van der Waals surface area contributed by atoms with Gasteiger partial charge in [-0.05, 0) is 79.1 Å². The maximum Gasteiger partial charge on any atom is 0.416 e. The highest BCUT2D eigenvalue weighted by atomic mass is 19.4. The van der Waals surface area contributed by atoms with Crippen LogP contribution in [0.5, 0.6) is 0 Å². The molecular weight excluding hydrogens is 643 g/mol. The minimum Gasteiger partial charge on any atom is -0.349 e. The summed E-state index contributed by atoms with van der Waals surface area (Å²) in [5, 5.41) is 11.5. The number of amides is 2. The van der Waals surface area contributed by atoms with E-state index >= 15 is 0 Å². The third-order valence-electron chi connectivity index (χ3n) is 10.2. The SMILES string of the molecule is C#CCN(C)C/C=C/C(=O)N[C@H]1C[C@@H](C)CN(Cc2cc3c(c(C(F)(F)F)c2)CN(c2cccc(C4(c5nncn5C)CC(C)C4)c2)C3=O)C1. The van der Waals surface area contributed by atoms with Gasteiger partial charge in [0.2, 0.25) is 5.91 Å². The topological polar surface area (TPSA) is 86.6 Å². The van der Waals surface area contributed by atoms with Crippen molar-refractivity contribution in [2.45, 2.75) is 63.8 Å². The number of carbonyl (C=O) groups is 2. The molecule has 2 aliphatic heterocycles. The van der Waals surface area contributed by atoms with Crippen LogP contribution in [0.3, 0.4) is 0 Å². The first kappa shape index (κ1) is 35.4. The summed E-state index contributed by atoms with van der Waals surface area (Å²) in [4.78, 5) is 32.0. The van der Waals surface area contributed by atoms with E-state index in [4.69, 9.17) is 6.42 Å². The molecule has 2 aromatic carbocycles. The molecule has 1 aromatic heterocycles. The normalized spacial score (nSPS) is 24.0. The van der Waals surface area contributed by atoms with Gasteiger partial charge in [-0.1, -0.05) is 38.0 Å².